The molecule has 0 radical (unpaired) electrons. The van der Waals surface area contributed by atoms with Gasteiger partial charge in [-0.3, -0.25) is 4.79 Å². The summed E-state index contributed by atoms with van der Waals surface area (Å²) in [5, 5.41) is 2.89. The average molecular weight is 194 g/mol. The van der Waals surface area contributed by atoms with Crippen molar-refractivity contribution in [1.82, 2.24) is 9.97 Å². The van der Waals surface area contributed by atoms with Gasteiger partial charge in [0.25, 0.3) is 0 Å². The van der Waals surface area contributed by atoms with Gasteiger partial charge in [0.15, 0.2) is 0 Å². The Bertz CT molecular complexity index is 326. The minimum Gasteiger partial charge on any atom is -0.368 e. The Hall–Kier alpha value is -1.65. The minimum absolute atomic E-state index is 0.401. The second-order valence-electron chi connectivity index (χ2n) is 3.02. The van der Waals surface area contributed by atoms with Gasteiger partial charge in [0.2, 0.25) is 5.91 Å². The number of hydrogen-bond acceptors (Lipinski definition) is 4. The van der Waals surface area contributed by atoms with Crippen molar-refractivity contribution in [3.8, 4) is 0 Å². The minimum atomic E-state index is -0.422. The molecule has 0 fully saturated rings. The van der Waals surface area contributed by atoms with Crippen LogP contribution in [0.25, 0.3) is 0 Å². The molecule has 0 bridgehead atoms. The first-order chi connectivity index (χ1) is 6.63. The Balaban J connectivity index is 2.71. The lowest BCUT2D eigenvalue weighted by atomic mass is 10.3. The number of carbonyl (C=O) groups excluding carboxylic acids is 1. The fourth-order valence-electron chi connectivity index (χ4n) is 0.963. The second-order valence-corrected chi connectivity index (χ2v) is 3.02. The maximum atomic E-state index is 10.8. The highest BCUT2D eigenvalue weighted by Crippen LogP contribution is 2.05. The molecule has 0 saturated heterocycles. The fraction of sp³-hybridized carbons (Fsp3) is 0.444. The van der Waals surface area contributed by atoms with Crippen LogP contribution in [0.4, 0.5) is 5.82 Å². The molecule has 76 valence electrons. The predicted molar refractivity (Wildman–Crippen MR) is 53.7 cm³/mol. The number of primary amides is 1. The van der Waals surface area contributed by atoms with Crippen molar-refractivity contribution in [2.45, 2.75) is 26.3 Å². The van der Waals surface area contributed by atoms with Crippen LogP contribution in [0.15, 0.2) is 12.4 Å². The molecule has 1 aromatic heterocycles. The first-order valence-electron chi connectivity index (χ1n) is 4.50. The number of aryl methyl sites for hydroxylation is 1. The lowest BCUT2D eigenvalue weighted by Gasteiger charge is -2.10. The number of rotatable bonds is 4. The van der Waals surface area contributed by atoms with Gasteiger partial charge < -0.3 is 11.1 Å². The zero-order chi connectivity index (χ0) is 10.6. The summed E-state index contributed by atoms with van der Waals surface area (Å²) in [4.78, 5) is 18.8. The number of aromatic nitrogens is 2. The third-order valence-electron chi connectivity index (χ3n) is 1.88. The molecule has 14 heavy (non-hydrogen) atoms. The number of nitrogens with zero attached hydrogens (tertiary/aromatic N) is 2. The molecule has 0 aliphatic carbocycles. The number of amides is 1. The van der Waals surface area contributed by atoms with E-state index >= 15 is 0 Å². The molecule has 5 heteroatoms. The van der Waals surface area contributed by atoms with Crippen LogP contribution in [0.5, 0.6) is 0 Å². The van der Waals surface area contributed by atoms with Gasteiger partial charge >= 0.3 is 0 Å². The molecule has 1 unspecified atom stereocenters. The van der Waals surface area contributed by atoms with Crippen LogP contribution < -0.4 is 11.1 Å². The summed E-state index contributed by atoms with van der Waals surface area (Å²) >= 11 is 0. The van der Waals surface area contributed by atoms with E-state index in [9.17, 15) is 4.79 Å². The highest BCUT2D eigenvalue weighted by molar-refractivity contribution is 5.82. The van der Waals surface area contributed by atoms with Crippen LogP contribution in [0.3, 0.4) is 0 Å². The van der Waals surface area contributed by atoms with Crippen LogP contribution in [-0.2, 0) is 11.2 Å². The van der Waals surface area contributed by atoms with Crippen molar-refractivity contribution in [1.29, 1.82) is 0 Å². The SMILES string of the molecule is CCc1cc(NC(C)C(N)=O)ncn1. The molecule has 5 nitrogen and oxygen atoms in total. The van der Waals surface area contributed by atoms with Gasteiger partial charge in [-0.2, -0.15) is 0 Å². The Kier molecular flexibility index (Phi) is 3.39. The van der Waals surface area contributed by atoms with Gasteiger partial charge in [-0.05, 0) is 13.3 Å². The highest BCUT2D eigenvalue weighted by atomic mass is 16.1. The molecule has 1 atom stereocenters. The Morgan fingerprint density at radius 3 is 2.93 bits per heavy atom. The van der Waals surface area contributed by atoms with Crippen LogP contribution in [0, 0.1) is 0 Å². The van der Waals surface area contributed by atoms with E-state index in [1.165, 1.54) is 6.33 Å². The van der Waals surface area contributed by atoms with E-state index in [-0.39, 0.29) is 0 Å². The molecule has 1 rings (SSSR count). The first kappa shape index (κ1) is 10.4. The van der Waals surface area contributed by atoms with E-state index in [0.29, 0.717) is 5.82 Å². The molecule has 1 heterocycles. The van der Waals surface area contributed by atoms with Crippen LogP contribution in [-0.4, -0.2) is 21.9 Å². The lowest BCUT2D eigenvalue weighted by Crippen LogP contribution is -2.32. The molecule has 1 amide bonds. The van der Waals surface area contributed by atoms with Gasteiger partial charge in [-0.1, -0.05) is 6.92 Å². The van der Waals surface area contributed by atoms with Crippen molar-refractivity contribution in [3.05, 3.63) is 18.1 Å². The van der Waals surface area contributed by atoms with Gasteiger partial charge in [0.1, 0.15) is 18.2 Å². The number of carbonyl (C=O) groups is 1. The topological polar surface area (TPSA) is 80.9 Å². The molecular weight excluding hydrogens is 180 g/mol. The number of nitrogens with one attached hydrogen (secondary N) is 1. The van der Waals surface area contributed by atoms with E-state index in [2.05, 4.69) is 15.3 Å². The normalized spacial score (nSPS) is 12.1. The zero-order valence-electron chi connectivity index (χ0n) is 8.32. The summed E-state index contributed by atoms with van der Waals surface area (Å²) in [6, 6.07) is 1.38. The standard InChI is InChI=1S/C9H14N4O/c1-3-7-4-8(12-5-11-7)13-6(2)9(10)14/h4-6H,3H2,1-2H3,(H2,10,14)(H,11,12,13). The summed E-state index contributed by atoms with van der Waals surface area (Å²) in [5.74, 6) is 0.227. The molecule has 0 spiro atoms. The first-order valence-corrected chi connectivity index (χ1v) is 4.50. The largest absolute Gasteiger partial charge is 0.368 e. The summed E-state index contributed by atoms with van der Waals surface area (Å²) in [6.45, 7) is 3.69. The average Bonchev–Trinajstić information content (AvgIpc) is 2.18. The van der Waals surface area contributed by atoms with E-state index < -0.39 is 11.9 Å². The van der Waals surface area contributed by atoms with E-state index in [1.54, 1.807) is 13.0 Å². The monoisotopic (exact) mass is 194 g/mol. The molecule has 0 aliphatic heterocycles. The third kappa shape index (κ3) is 2.69. The van der Waals surface area contributed by atoms with Gasteiger partial charge in [0, 0.05) is 11.8 Å². The summed E-state index contributed by atoms with van der Waals surface area (Å²) < 4.78 is 0. The summed E-state index contributed by atoms with van der Waals surface area (Å²) in [7, 11) is 0. The smallest absolute Gasteiger partial charge is 0.239 e. The van der Waals surface area contributed by atoms with Crippen LogP contribution >= 0.6 is 0 Å². The van der Waals surface area contributed by atoms with Crippen molar-refractivity contribution in [3.63, 3.8) is 0 Å². The fourth-order valence-corrected chi connectivity index (χ4v) is 0.963. The van der Waals surface area contributed by atoms with Gasteiger partial charge in [0.05, 0.1) is 0 Å². The van der Waals surface area contributed by atoms with E-state index in [4.69, 9.17) is 5.73 Å². The Labute approximate surface area is 82.7 Å². The Morgan fingerprint density at radius 2 is 2.36 bits per heavy atom. The maximum Gasteiger partial charge on any atom is 0.239 e. The molecule has 0 saturated carbocycles. The van der Waals surface area contributed by atoms with E-state index in [0.717, 1.165) is 12.1 Å². The second kappa shape index (κ2) is 4.55. The summed E-state index contributed by atoms with van der Waals surface area (Å²) in [6.07, 6.45) is 2.30. The zero-order valence-corrected chi connectivity index (χ0v) is 8.32. The number of hydrogen-bond donors (Lipinski definition) is 2. The van der Waals surface area contributed by atoms with Gasteiger partial charge in [-0.25, -0.2) is 9.97 Å². The molecule has 3 N–H and O–H groups in total. The highest BCUT2D eigenvalue weighted by Gasteiger charge is 2.08. The van der Waals surface area contributed by atoms with Crippen LogP contribution in [0.2, 0.25) is 0 Å². The number of nitrogens with two attached hydrogens (primary N) is 1. The predicted octanol–water partition coefficient (Wildman–Crippen LogP) is 0.325. The van der Waals surface area contributed by atoms with Crippen molar-refractivity contribution >= 4 is 11.7 Å². The Morgan fingerprint density at radius 1 is 1.64 bits per heavy atom. The van der Waals surface area contributed by atoms with E-state index in [1.807, 2.05) is 6.92 Å². The number of anilines is 1. The van der Waals surface area contributed by atoms with Crippen molar-refractivity contribution in [2.75, 3.05) is 5.32 Å². The maximum absolute atomic E-state index is 10.8. The molecule has 1 aromatic rings. The quantitative estimate of drug-likeness (QED) is 0.723. The molecule has 0 aromatic carbocycles. The third-order valence-corrected chi connectivity index (χ3v) is 1.88. The van der Waals surface area contributed by atoms with Crippen molar-refractivity contribution < 1.29 is 4.79 Å². The lowest BCUT2D eigenvalue weighted by molar-refractivity contribution is -0.118. The van der Waals surface area contributed by atoms with Crippen molar-refractivity contribution in [2.24, 2.45) is 5.73 Å². The summed E-state index contributed by atoms with van der Waals surface area (Å²) in [5.41, 5.74) is 6.04. The van der Waals surface area contributed by atoms with Crippen LogP contribution in [0.1, 0.15) is 19.5 Å². The molecule has 0 aliphatic rings. The van der Waals surface area contributed by atoms with Gasteiger partial charge in [-0.15, -0.1) is 0 Å². The molecular formula is C9H14N4O.